The highest BCUT2D eigenvalue weighted by Gasteiger charge is 2.30. The Morgan fingerprint density at radius 1 is 1.24 bits per heavy atom. The van der Waals surface area contributed by atoms with Crippen molar-refractivity contribution in [1.82, 2.24) is 20.6 Å². The van der Waals surface area contributed by atoms with E-state index in [-0.39, 0.29) is 18.5 Å². The lowest BCUT2D eigenvalue weighted by molar-refractivity contribution is -0.137. The number of carbonyl (C=O) groups excluding carboxylic acids is 1. The van der Waals surface area contributed by atoms with Gasteiger partial charge in [0.2, 0.25) is 5.91 Å². The molecule has 1 aromatic carbocycles. The second-order valence-electron chi connectivity index (χ2n) is 5.84. The number of rotatable bonds is 4. The molecule has 1 aromatic heterocycles. The topological polar surface area (TPSA) is 66.9 Å². The summed E-state index contributed by atoms with van der Waals surface area (Å²) in [6, 6.07) is 6.27. The van der Waals surface area contributed by atoms with E-state index in [1.165, 1.54) is 18.5 Å². The predicted molar refractivity (Wildman–Crippen MR) is 85.3 cm³/mol. The molecule has 1 atom stereocenters. The molecule has 0 saturated carbocycles. The van der Waals surface area contributed by atoms with Crippen LogP contribution in [0.2, 0.25) is 0 Å². The molecule has 0 radical (unpaired) electrons. The van der Waals surface area contributed by atoms with Gasteiger partial charge in [-0.2, -0.15) is 13.2 Å². The summed E-state index contributed by atoms with van der Waals surface area (Å²) >= 11 is 0. The number of amides is 1. The molecule has 8 heteroatoms. The smallest absolute Gasteiger partial charge is 0.349 e. The normalized spacial score (nSPS) is 17.5. The number of nitrogens with one attached hydrogen (secondary N) is 2. The Hall–Kier alpha value is -2.48. The lowest BCUT2D eigenvalue weighted by Gasteiger charge is -2.11. The number of alkyl halides is 3. The molecule has 5 nitrogen and oxygen atoms in total. The number of hydrogen-bond donors (Lipinski definition) is 2. The standard InChI is InChI=1S/C17H17F3N4O/c18-17(19,20)12-5-3-11(4-6-12)15-8-13(23-10-24-15)9-22-16(25)14-2-1-7-21-14/h3-6,8,10,14,21H,1-2,7,9H2,(H,22,25)/t14-/m0/s1. The SMILES string of the molecule is O=C(NCc1cc(-c2ccc(C(F)(F)F)cc2)ncn1)[C@@H]1CCCN1. The minimum Gasteiger partial charge on any atom is -0.349 e. The second-order valence-corrected chi connectivity index (χ2v) is 5.84. The summed E-state index contributed by atoms with van der Waals surface area (Å²) in [5, 5.41) is 5.92. The molecule has 0 spiro atoms. The molecule has 132 valence electrons. The van der Waals surface area contributed by atoms with Gasteiger partial charge in [0, 0.05) is 5.56 Å². The largest absolute Gasteiger partial charge is 0.416 e. The van der Waals surface area contributed by atoms with Crippen LogP contribution in [0.3, 0.4) is 0 Å². The number of aromatic nitrogens is 2. The Kier molecular flexibility index (Phi) is 4.98. The van der Waals surface area contributed by atoms with Crippen LogP contribution < -0.4 is 10.6 Å². The third-order valence-electron chi connectivity index (χ3n) is 4.05. The molecule has 1 saturated heterocycles. The van der Waals surface area contributed by atoms with Gasteiger partial charge in [-0.1, -0.05) is 12.1 Å². The molecular formula is C17H17F3N4O. The molecule has 0 aliphatic carbocycles. The minimum absolute atomic E-state index is 0.0767. The van der Waals surface area contributed by atoms with Crippen LogP contribution in [0, 0.1) is 0 Å². The summed E-state index contributed by atoms with van der Waals surface area (Å²) in [5.74, 6) is -0.0767. The molecule has 1 aliphatic heterocycles. The monoisotopic (exact) mass is 350 g/mol. The average Bonchev–Trinajstić information content (AvgIpc) is 3.14. The quantitative estimate of drug-likeness (QED) is 0.889. The van der Waals surface area contributed by atoms with Crippen LogP contribution in [0.5, 0.6) is 0 Å². The molecule has 1 aliphatic rings. The lowest BCUT2D eigenvalue weighted by atomic mass is 10.1. The molecule has 3 rings (SSSR count). The third-order valence-corrected chi connectivity index (χ3v) is 4.05. The molecule has 25 heavy (non-hydrogen) atoms. The van der Waals surface area contributed by atoms with Gasteiger partial charge in [-0.25, -0.2) is 9.97 Å². The van der Waals surface area contributed by atoms with Gasteiger partial charge in [0.05, 0.1) is 29.5 Å². The predicted octanol–water partition coefficient (Wildman–Crippen LogP) is 2.53. The zero-order valence-corrected chi connectivity index (χ0v) is 13.3. The summed E-state index contributed by atoms with van der Waals surface area (Å²) < 4.78 is 37.9. The molecule has 2 aromatic rings. The Morgan fingerprint density at radius 2 is 2.00 bits per heavy atom. The van der Waals surface area contributed by atoms with Crippen molar-refractivity contribution in [1.29, 1.82) is 0 Å². The number of halogens is 3. The van der Waals surface area contributed by atoms with Crippen LogP contribution in [-0.2, 0) is 17.5 Å². The van der Waals surface area contributed by atoms with Gasteiger partial charge < -0.3 is 10.6 Å². The second kappa shape index (κ2) is 7.18. The van der Waals surface area contributed by atoms with E-state index in [0.29, 0.717) is 17.0 Å². The first kappa shape index (κ1) is 17.3. The maximum absolute atomic E-state index is 12.6. The van der Waals surface area contributed by atoms with Crippen LogP contribution in [0.15, 0.2) is 36.7 Å². The van der Waals surface area contributed by atoms with E-state index in [9.17, 15) is 18.0 Å². The molecule has 2 N–H and O–H groups in total. The van der Waals surface area contributed by atoms with Crippen LogP contribution >= 0.6 is 0 Å². The maximum Gasteiger partial charge on any atom is 0.416 e. The number of hydrogen-bond acceptors (Lipinski definition) is 4. The summed E-state index contributed by atoms with van der Waals surface area (Å²) in [6.45, 7) is 1.08. The van der Waals surface area contributed by atoms with Crippen molar-refractivity contribution in [2.75, 3.05) is 6.54 Å². The zero-order chi connectivity index (χ0) is 17.9. The van der Waals surface area contributed by atoms with Crippen molar-refractivity contribution in [3.8, 4) is 11.3 Å². The van der Waals surface area contributed by atoms with Crippen LogP contribution in [0.4, 0.5) is 13.2 Å². The van der Waals surface area contributed by atoms with Crippen molar-refractivity contribution >= 4 is 5.91 Å². The van der Waals surface area contributed by atoms with Gasteiger partial charge in [0.1, 0.15) is 6.33 Å². The first-order valence-electron chi connectivity index (χ1n) is 7.93. The Labute approximate surface area is 142 Å². The highest BCUT2D eigenvalue weighted by atomic mass is 19.4. The van der Waals surface area contributed by atoms with E-state index >= 15 is 0 Å². The van der Waals surface area contributed by atoms with Crippen molar-refractivity contribution in [2.45, 2.75) is 31.6 Å². The van der Waals surface area contributed by atoms with E-state index in [0.717, 1.165) is 31.5 Å². The minimum atomic E-state index is -4.37. The Bertz CT molecular complexity index is 740. The number of carbonyl (C=O) groups is 1. The summed E-state index contributed by atoms with van der Waals surface area (Å²) in [7, 11) is 0. The van der Waals surface area contributed by atoms with Crippen molar-refractivity contribution in [3.63, 3.8) is 0 Å². The molecule has 0 bridgehead atoms. The van der Waals surface area contributed by atoms with E-state index in [4.69, 9.17) is 0 Å². The Balaban J connectivity index is 1.67. The summed E-state index contributed by atoms with van der Waals surface area (Å²) in [6.07, 6.45) is -1.24. The zero-order valence-electron chi connectivity index (χ0n) is 13.3. The molecule has 1 amide bonds. The molecule has 2 heterocycles. The van der Waals surface area contributed by atoms with Gasteiger partial charge >= 0.3 is 6.18 Å². The fourth-order valence-corrected chi connectivity index (χ4v) is 2.69. The van der Waals surface area contributed by atoms with Crippen LogP contribution in [0.1, 0.15) is 24.1 Å². The van der Waals surface area contributed by atoms with E-state index < -0.39 is 11.7 Å². The lowest BCUT2D eigenvalue weighted by Crippen LogP contribution is -2.40. The van der Waals surface area contributed by atoms with Crippen LogP contribution in [-0.4, -0.2) is 28.5 Å². The molecule has 1 fully saturated rings. The average molecular weight is 350 g/mol. The van der Waals surface area contributed by atoms with Gasteiger partial charge in [-0.15, -0.1) is 0 Å². The van der Waals surface area contributed by atoms with Crippen molar-refractivity contribution in [3.05, 3.63) is 47.9 Å². The highest BCUT2D eigenvalue weighted by molar-refractivity contribution is 5.81. The fraction of sp³-hybridized carbons (Fsp3) is 0.353. The Morgan fingerprint density at radius 3 is 2.64 bits per heavy atom. The maximum atomic E-state index is 12.6. The highest BCUT2D eigenvalue weighted by Crippen LogP contribution is 2.30. The summed E-state index contributed by atoms with van der Waals surface area (Å²) in [5.41, 5.74) is 0.950. The van der Waals surface area contributed by atoms with E-state index in [1.54, 1.807) is 6.07 Å². The van der Waals surface area contributed by atoms with E-state index in [2.05, 4.69) is 20.6 Å². The van der Waals surface area contributed by atoms with Gasteiger partial charge in [-0.3, -0.25) is 4.79 Å². The van der Waals surface area contributed by atoms with Crippen LogP contribution in [0.25, 0.3) is 11.3 Å². The van der Waals surface area contributed by atoms with E-state index in [1.807, 2.05) is 0 Å². The number of nitrogens with zero attached hydrogens (tertiary/aromatic N) is 2. The molecule has 0 unspecified atom stereocenters. The van der Waals surface area contributed by atoms with Crippen molar-refractivity contribution < 1.29 is 18.0 Å². The van der Waals surface area contributed by atoms with Gasteiger partial charge in [0.25, 0.3) is 0 Å². The van der Waals surface area contributed by atoms with Crippen molar-refractivity contribution in [2.24, 2.45) is 0 Å². The summed E-state index contributed by atoms with van der Waals surface area (Å²) in [4.78, 5) is 20.2. The first-order chi connectivity index (χ1) is 11.9. The third kappa shape index (κ3) is 4.33. The fourth-order valence-electron chi connectivity index (χ4n) is 2.69. The first-order valence-corrected chi connectivity index (χ1v) is 7.93. The van der Waals surface area contributed by atoms with Gasteiger partial charge in [0.15, 0.2) is 0 Å². The number of benzene rings is 1. The molecular weight excluding hydrogens is 333 g/mol. The van der Waals surface area contributed by atoms with Gasteiger partial charge in [-0.05, 0) is 37.6 Å².